The molecule has 5 nitrogen and oxygen atoms in total. The van der Waals surface area contributed by atoms with Crippen LogP contribution in [0, 0.1) is 8.99 Å². The van der Waals surface area contributed by atoms with Crippen LogP contribution in [0.1, 0.15) is 37.6 Å². The first-order valence-corrected chi connectivity index (χ1v) is 7.20. The van der Waals surface area contributed by atoms with E-state index in [1.165, 1.54) is 6.07 Å². The summed E-state index contributed by atoms with van der Waals surface area (Å²) in [4.78, 5) is 23.0. The lowest BCUT2D eigenvalue weighted by molar-refractivity contribution is -0.138. The zero-order valence-electron chi connectivity index (χ0n) is 11.6. The third kappa shape index (κ3) is 4.66. The van der Waals surface area contributed by atoms with Crippen LogP contribution in [0.25, 0.3) is 0 Å². The van der Waals surface area contributed by atoms with Gasteiger partial charge in [0.05, 0.1) is 9.99 Å². The zero-order chi connectivity index (χ0) is 15.5. The highest BCUT2D eigenvalue weighted by atomic mass is 127. The molecule has 1 aromatic carbocycles. The van der Waals surface area contributed by atoms with E-state index in [1.54, 1.807) is 12.1 Å². The van der Waals surface area contributed by atoms with Gasteiger partial charge in [0.1, 0.15) is 5.75 Å². The number of nitrogens with one attached hydrogen (secondary N) is 1. The first-order chi connectivity index (χ1) is 9.11. The number of carbonyl (C=O) groups is 2. The van der Waals surface area contributed by atoms with Crippen LogP contribution in [0.4, 0.5) is 0 Å². The molecule has 20 heavy (non-hydrogen) atoms. The summed E-state index contributed by atoms with van der Waals surface area (Å²) in [7, 11) is 0. The van der Waals surface area contributed by atoms with Crippen LogP contribution in [-0.4, -0.2) is 28.1 Å². The molecule has 0 heterocycles. The van der Waals surface area contributed by atoms with Gasteiger partial charge in [0.2, 0.25) is 0 Å². The Balaban J connectivity index is 2.90. The summed E-state index contributed by atoms with van der Waals surface area (Å²) < 4.78 is 0.650. The van der Waals surface area contributed by atoms with Gasteiger partial charge in [0.25, 0.3) is 5.91 Å². The minimum absolute atomic E-state index is 0.0313. The molecule has 1 unspecified atom stereocenters. The molecule has 0 aliphatic carbocycles. The molecule has 0 aromatic heterocycles. The predicted octanol–water partition coefficient (Wildman–Crippen LogP) is 2.62. The Morgan fingerprint density at radius 2 is 1.95 bits per heavy atom. The SMILES string of the molecule is CC(C)(C)C(CC(=O)O)NC(=O)c1ccc(I)c(O)c1. The van der Waals surface area contributed by atoms with E-state index in [0.29, 0.717) is 9.13 Å². The Labute approximate surface area is 131 Å². The Kier molecular flexibility index (Phi) is 5.38. The minimum atomic E-state index is -0.962. The van der Waals surface area contributed by atoms with Crippen LogP contribution in [-0.2, 0) is 4.79 Å². The number of amides is 1. The van der Waals surface area contributed by atoms with Crippen molar-refractivity contribution < 1.29 is 19.8 Å². The second kappa shape index (κ2) is 6.43. The average Bonchev–Trinajstić information content (AvgIpc) is 2.30. The smallest absolute Gasteiger partial charge is 0.305 e. The van der Waals surface area contributed by atoms with Gasteiger partial charge in [0.15, 0.2) is 0 Å². The van der Waals surface area contributed by atoms with E-state index in [1.807, 2.05) is 43.4 Å². The molecular weight excluding hydrogens is 373 g/mol. The van der Waals surface area contributed by atoms with Gasteiger partial charge in [-0.3, -0.25) is 9.59 Å². The fourth-order valence-electron chi connectivity index (χ4n) is 1.64. The molecule has 0 saturated heterocycles. The maximum absolute atomic E-state index is 12.1. The highest BCUT2D eigenvalue weighted by molar-refractivity contribution is 14.1. The number of benzene rings is 1. The minimum Gasteiger partial charge on any atom is -0.507 e. The number of carboxylic acid groups (broad SMARTS) is 1. The highest BCUT2D eigenvalue weighted by Gasteiger charge is 2.28. The van der Waals surface area contributed by atoms with Gasteiger partial charge in [0, 0.05) is 11.6 Å². The number of rotatable bonds is 4. The largest absolute Gasteiger partial charge is 0.507 e. The lowest BCUT2D eigenvalue weighted by Gasteiger charge is -2.30. The molecule has 1 amide bonds. The van der Waals surface area contributed by atoms with Crippen molar-refractivity contribution in [3.8, 4) is 5.75 Å². The number of phenols is 1. The number of carbonyl (C=O) groups excluding carboxylic acids is 1. The number of hydrogen-bond acceptors (Lipinski definition) is 3. The zero-order valence-corrected chi connectivity index (χ0v) is 13.8. The Hall–Kier alpha value is -1.31. The lowest BCUT2D eigenvalue weighted by atomic mass is 9.84. The van der Waals surface area contributed by atoms with Crippen LogP contribution in [0.3, 0.4) is 0 Å². The molecule has 110 valence electrons. The summed E-state index contributed by atoms with van der Waals surface area (Å²) in [5.74, 6) is -1.32. The Morgan fingerprint density at radius 1 is 1.35 bits per heavy atom. The molecule has 6 heteroatoms. The molecule has 0 bridgehead atoms. The lowest BCUT2D eigenvalue weighted by Crippen LogP contribution is -2.45. The summed E-state index contributed by atoms with van der Waals surface area (Å²) in [6.45, 7) is 5.60. The van der Waals surface area contributed by atoms with Gasteiger partial charge < -0.3 is 15.5 Å². The summed E-state index contributed by atoms with van der Waals surface area (Å²) in [5, 5.41) is 21.2. The summed E-state index contributed by atoms with van der Waals surface area (Å²) in [5.41, 5.74) is -0.0678. The molecule has 0 aliphatic heterocycles. The van der Waals surface area contributed by atoms with Gasteiger partial charge in [-0.25, -0.2) is 0 Å². The maximum atomic E-state index is 12.1. The average molecular weight is 391 g/mol. The van der Waals surface area contributed by atoms with E-state index >= 15 is 0 Å². The van der Waals surface area contributed by atoms with Gasteiger partial charge in [-0.1, -0.05) is 20.8 Å². The van der Waals surface area contributed by atoms with E-state index in [-0.39, 0.29) is 17.6 Å². The molecule has 3 N–H and O–H groups in total. The Bertz CT molecular complexity index is 522. The predicted molar refractivity (Wildman–Crippen MR) is 83.8 cm³/mol. The van der Waals surface area contributed by atoms with Crippen LogP contribution in [0.5, 0.6) is 5.75 Å². The van der Waals surface area contributed by atoms with Gasteiger partial charge >= 0.3 is 5.97 Å². The van der Waals surface area contributed by atoms with Crippen LogP contribution in [0.15, 0.2) is 18.2 Å². The fraction of sp³-hybridized carbons (Fsp3) is 0.429. The second-order valence-electron chi connectivity index (χ2n) is 5.66. The molecular formula is C14H18INO4. The number of aromatic hydroxyl groups is 1. The summed E-state index contributed by atoms with van der Waals surface area (Å²) in [6.07, 6.45) is -0.147. The van der Waals surface area contributed by atoms with E-state index < -0.39 is 17.9 Å². The molecule has 1 aromatic rings. The first kappa shape index (κ1) is 16.7. The van der Waals surface area contributed by atoms with Crippen LogP contribution >= 0.6 is 22.6 Å². The Morgan fingerprint density at radius 3 is 2.40 bits per heavy atom. The number of hydrogen-bond donors (Lipinski definition) is 3. The number of halogens is 1. The van der Waals surface area contributed by atoms with Crippen molar-refractivity contribution in [3.05, 3.63) is 27.3 Å². The van der Waals surface area contributed by atoms with Crippen molar-refractivity contribution in [2.75, 3.05) is 0 Å². The third-order valence-electron chi connectivity index (χ3n) is 2.94. The monoisotopic (exact) mass is 391 g/mol. The fourth-order valence-corrected chi connectivity index (χ4v) is 1.98. The summed E-state index contributed by atoms with van der Waals surface area (Å²) in [6, 6.07) is 4.11. The molecule has 0 radical (unpaired) electrons. The van der Waals surface area contributed by atoms with Gasteiger partial charge in [-0.15, -0.1) is 0 Å². The summed E-state index contributed by atoms with van der Waals surface area (Å²) >= 11 is 1.96. The van der Waals surface area contributed by atoms with Crippen molar-refractivity contribution in [3.63, 3.8) is 0 Å². The van der Waals surface area contributed by atoms with Gasteiger partial charge in [-0.2, -0.15) is 0 Å². The van der Waals surface area contributed by atoms with Crippen molar-refractivity contribution >= 4 is 34.5 Å². The molecule has 1 rings (SSSR count). The molecule has 0 aliphatic rings. The quantitative estimate of drug-likeness (QED) is 0.689. The van der Waals surface area contributed by atoms with Crippen LogP contribution < -0.4 is 5.32 Å². The molecule has 0 saturated carbocycles. The second-order valence-corrected chi connectivity index (χ2v) is 6.82. The van der Waals surface area contributed by atoms with Crippen molar-refractivity contribution in [1.29, 1.82) is 0 Å². The van der Waals surface area contributed by atoms with Crippen molar-refractivity contribution in [2.45, 2.75) is 33.2 Å². The van der Waals surface area contributed by atoms with Gasteiger partial charge in [-0.05, 0) is 46.2 Å². The number of carboxylic acids is 1. The number of aliphatic carboxylic acids is 1. The van der Waals surface area contributed by atoms with E-state index in [4.69, 9.17) is 5.11 Å². The number of phenolic OH excluding ortho intramolecular Hbond substituents is 1. The van der Waals surface area contributed by atoms with E-state index in [9.17, 15) is 14.7 Å². The van der Waals surface area contributed by atoms with Crippen molar-refractivity contribution in [1.82, 2.24) is 5.32 Å². The highest BCUT2D eigenvalue weighted by Crippen LogP contribution is 2.24. The normalized spacial score (nSPS) is 12.8. The third-order valence-corrected chi connectivity index (χ3v) is 3.85. The topological polar surface area (TPSA) is 86.6 Å². The maximum Gasteiger partial charge on any atom is 0.305 e. The van der Waals surface area contributed by atoms with E-state index in [0.717, 1.165) is 0 Å². The standard InChI is InChI=1S/C14H18INO4/c1-14(2,3)11(7-12(18)19)16-13(20)8-4-5-9(15)10(17)6-8/h4-6,11,17H,7H2,1-3H3,(H,16,20)(H,18,19). The molecule has 1 atom stereocenters. The van der Waals surface area contributed by atoms with Crippen LogP contribution in [0.2, 0.25) is 0 Å². The molecule has 0 fully saturated rings. The first-order valence-electron chi connectivity index (χ1n) is 6.12. The van der Waals surface area contributed by atoms with Crippen molar-refractivity contribution in [2.24, 2.45) is 5.41 Å². The molecule has 0 spiro atoms. The van der Waals surface area contributed by atoms with E-state index in [2.05, 4.69) is 5.32 Å².